The molecule has 1 aromatic rings. The highest BCUT2D eigenvalue weighted by molar-refractivity contribution is 7.09. The Bertz CT molecular complexity index is 430. The van der Waals surface area contributed by atoms with Crippen molar-refractivity contribution in [3.05, 3.63) is 16.1 Å². The van der Waals surface area contributed by atoms with Crippen LogP contribution in [0.25, 0.3) is 0 Å². The zero-order chi connectivity index (χ0) is 13.3. The highest BCUT2D eigenvalue weighted by Gasteiger charge is 2.39. The second kappa shape index (κ2) is 5.36. The monoisotopic (exact) mass is 268 g/mol. The maximum absolute atomic E-state index is 11.3. The van der Waals surface area contributed by atoms with E-state index < -0.39 is 5.97 Å². The number of aryl methyl sites for hydroxylation is 1. The van der Waals surface area contributed by atoms with Gasteiger partial charge in [0, 0.05) is 24.2 Å². The fourth-order valence-corrected chi connectivity index (χ4v) is 3.46. The molecular formula is C13H20N2O2S. The van der Waals surface area contributed by atoms with Crippen LogP contribution in [0.15, 0.2) is 5.38 Å². The summed E-state index contributed by atoms with van der Waals surface area (Å²) in [5, 5.41) is 12.4. The summed E-state index contributed by atoms with van der Waals surface area (Å²) in [6, 6.07) is 0. The van der Waals surface area contributed by atoms with Crippen molar-refractivity contribution in [3.8, 4) is 0 Å². The lowest BCUT2D eigenvalue weighted by Gasteiger charge is -2.18. The van der Waals surface area contributed by atoms with E-state index in [0.29, 0.717) is 12.5 Å². The molecule has 0 aliphatic carbocycles. The molecule has 2 atom stereocenters. The molecule has 1 saturated heterocycles. The molecule has 100 valence electrons. The smallest absolute Gasteiger partial charge is 0.308 e. The average molecular weight is 268 g/mol. The van der Waals surface area contributed by atoms with Crippen LogP contribution in [0.5, 0.6) is 0 Å². The summed E-state index contributed by atoms with van der Waals surface area (Å²) in [6.45, 7) is 8.51. The van der Waals surface area contributed by atoms with Crippen LogP contribution >= 0.6 is 11.3 Å². The molecule has 1 aliphatic rings. The summed E-state index contributed by atoms with van der Waals surface area (Å²) in [5.74, 6) is -0.227. The first-order valence-electron chi connectivity index (χ1n) is 6.33. The minimum Gasteiger partial charge on any atom is -0.481 e. The lowest BCUT2D eigenvalue weighted by atomic mass is 9.86. The lowest BCUT2D eigenvalue weighted by molar-refractivity contribution is -0.143. The summed E-state index contributed by atoms with van der Waals surface area (Å²) in [6.07, 6.45) is 0. The zero-order valence-electron chi connectivity index (χ0n) is 11.1. The molecule has 0 unspecified atom stereocenters. The Morgan fingerprint density at radius 1 is 1.61 bits per heavy atom. The van der Waals surface area contributed by atoms with Gasteiger partial charge in [0.1, 0.15) is 5.01 Å². The minimum atomic E-state index is -0.661. The van der Waals surface area contributed by atoms with Gasteiger partial charge in [0.05, 0.1) is 12.5 Å². The van der Waals surface area contributed by atoms with Gasteiger partial charge >= 0.3 is 5.97 Å². The molecule has 1 fully saturated rings. The SMILES string of the molecule is Cc1csc(CN2C[C@@H](C(=O)O)[C@H](C(C)C)C2)n1. The van der Waals surface area contributed by atoms with Crippen LogP contribution in [-0.4, -0.2) is 34.0 Å². The van der Waals surface area contributed by atoms with Gasteiger partial charge in [0.25, 0.3) is 0 Å². The zero-order valence-corrected chi connectivity index (χ0v) is 11.9. The van der Waals surface area contributed by atoms with Crippen LogP contribution in [0.1, 0.15) is 24.5 Å². The Morgan fingerprint density at radius 3 is 2.78 bits per heavy atom. The number of aliphatic carboxylic acids is 1. The average Bonchev–Trinajstić information content (AvgIpc) is 2.85. The van der Waals surface area contributed by atoms with Gasteiger partial charge in [-0.3, -0.25) is 9.69 Å². The van der Waals surface area contributed by atoms with E-state index >= 15 is 0 Å². The molecule has 0 bridgehead atoms. The number of likely N-dealkylation sites (tertiary alicyclic amines) is 1. The molecule has 18 heavy (non-hydrogen) atoms. The van der Waals surface area contributed by atoms with E-state index in [9.17, 15) is 9.90 Å². The van der Waals surface area contributed by atoms with Crippen molar-refractivity contribution in [2.45, 2.75) is 27.3 Å². The maximum Gasteiger partial charge on any atom is 0.308 e. The fraction of sp³-hybridized carbons (Fsp3) is 0.692. The van der Waals surface area contributed by atoms with Crippen LogP contribution in [0.3, 0.4) is 0 Å². The molecule has 0 radical (unpaired) electrons. The molecule has 4 nitrogen and oxygen atoms in total. The van der Waals surface area contributed by atoms with Crippen molar-refractivity contribution >= 4 is 17.3 Å². The molecule has 1 N–H and O–H groups in total. The van der Waals surface area contributed by atoms with Crippen LogP contribution in [-0.2, 0) is 11.3 Å². The van der Waals surface area contributed by atoms with Crippen molar-refractivity contribution in [1.29, 1.82) is 0 Å². The molecule has 2 heterocycles. The summed E-state index contributed by atoms with van der Waals surface area (Å²) >= 11 is 1.66. The number of hydrogen-bond donors (Lipinski definition) is 1. The first kappa shape index (κ1) is 13.5. The lowest BCUT2D eigenvalue weighted by Crippen LogP contribution is -2.25. The second-order valence-corrected chi connectivity index (χ2v) is 6.37. The largest absolute Gasteiger partial charge is 0.481 e. The van der Waals surface area contributed by atoms with Crippen LogP contribution in [0.2, 0.25) is 0 Å². The van der Waals surface area contributed by atoms with Crippen molar-refractivity contribution < 1.29 is 9.90 Å². The highest BCUT2D eigenvalue weighted by atomic mass is 32.1. The predicted molar refractivity (Wildman–Crippen MR) is 71.6 cm³/mol. The standard InChI is InChI=1S/C13H20N2O2S/c1-8(2)10-4-15(5-11(10)13(16)17)6-12-14-9(3)7-18-12/h7-8,10-11H,4-6H2,1-3H3,(H,16,17)/t10-,11+/m0/s1. The third-order valence-corrected chi connectivity index (χ3v) is 4.59. The van der Waals surface area contributed by atoms with E-state index in [1.165, 1.54) is 0 Å². The Labute approximate surface area is 112 Å². The Kier molecular flexibility index (Phi) is 4.02. The summed E-state index contributed by atoms with van der Waals surface area (Å²) in [4.78, 5) is 17.9. The van der Waals surface area contributed by atoms with E-state index in [1.54, 1.807) is 11.3 Å². The van der Waals surface area contributed by atoms with Crippen LogP contribution in [0, 0.1) is 24.7 Å². The number of carboxylic acid groups (broad SMARTS) is 1. The van der Waals surface area contributed by atoms with Gasteiger partial charge in [-0.15, -0.1) is 11.3 Å². The van der Waals surface area contributed by atoms with E-state index in [2.05, 4.69) is 23.7 Å². The molecular weight excluding hydrogens is 248 g/mol. The predicted octanol–water partition coefficient (Wildman–Crippen LogP) is 2.24. The Hall–Kier alpha value is -0.940. The molecule has 0 saturated carbocycles. The van der Waals surface area contributed by atoms with Crippen molar-refractivity contribution in [2.24, 2.45) is 17.8 Å². The molecule has 0 amide bonds. The van der Waals surface area contributed by atoms with E-state index in [1.807, 2.05) is 12.3 Å². The van der Waals surface area contributed by atoms with Gasteiger partial charge < -0.3 is 5.11 Å². The number of hydrogen-bond acceptors (Lipinski definition) is 4. The van der Waals surface area contributed by atoms with Gasteiger partial charge in [-0.2, -0.15) is 0 Å². The highest BCUT2D eigenvalue weighted by Crippen LogP contribution is 2.31. The number of thiazole rings is 1. The van der Waals surface area contributed by atoms with Gasteiger partial charge in [-0.25, -0.2) is 4.98 Å². The molecule has 0 spiro atoms. The van der Waals surface area contributed by atoms with Crippen molar-refractivity contribution in [2.75, 3.05) is 13.1 Å². The van der Waals surface area contributed by atoms with Gasteiger partial charge in [0.2, 0.25) is 0 Å². The fourth-order valence-electron chi connectivity index (χ4n) is 2.65. The Morgan fingerprint density at radius 2 is 2.33 bits per heavy atom. The van der Waals surface area contributed by atoms with Crippen LogP contribution < -0.4 is 0 Å². The van der Waals surface area contributed by atoms with E-state index in [-0.39, 0.29) is 11.8 Å². The van der Waals surface area contributed by atoms with Crippen LogP contribution in [0.4, 0.5) is 0 Å². The number of aromatic nitrogens is 1. The quantitative estimate of drug-likeness (QED) is 0.910. The number of carboxylic acids is 1. The number of carbonyl (C=O) groups is 1. The normalized spacial score (nSPS) is 24.9. The summed E-state index contributed by atoms with van der Waals surface area (Å²) < 4.78 is 0. The second-order valence-electron chi connectivity index (χ2n) is 5.43. The third-order valence-electron chi connectivity index (χ3n) is 3.64. The van der Waals surface area contributed by atoms with Gasteiger partial charge in [0.15, 0.2) is 0 Å². The topological polar surface area (TPSA) is 53.4 Å². The molecule has 5 heteroatoms. The molecule has 0 aromatic carbocycles. The number of nitrogens with zero attached hydrogens (tertiary/aromatic N) is 2. The Balaban J connectivity index is 2.02. The van der Waals surface area contributed by atoms with Gasteiger partial charge in [-0.05, 0) is 18.8 Å². The van der Waals surface area contributed by atoms with E-state index in [0.717, 1.165) is 23.8 Å². The van der Waals surface area contributed by atoms with Crippen molar-refractivity contribution in [3.63, 3.8) is 0 Å². The summed E-state index contributed by atoms with van der Waals surface area (Å²) in [5.41, 5.74) is 1.05. The first-order valence-corrected chi connectivity index (χ1v) is 7.21. The molecule has 2 rings (SSSR count). The summed E-state index contributed by atoms with van der Waals surface area (Å²) in [7, 11) is 0. The minimum absolute atomic E-state index is 0.231. The first-order chi connectivity index (χ1) is 8.47. The van der Waals surface area contributed by atoms with Gasteiger partial charge in [-0.1, -0.05) is 13.8 Å². The molecule has 1 aromatic heterocycles. The van der Waals surface area contributed by atoms with Crippen molar-refractivity contribution in [1.82, 2.24) is 9.88 Å². The van der Waals surface area contributed by atoms with E-state index in [4.69, 9.17) is 0 Å². The number of rotatable bonds is 4. The maximum atomic E-state index is 11.3. The third kappa shape index (κ3) is 2.90. The molecule has 1 aliphatic heterocycles.